The van der Waals surface area contributed by atoms with Crippen LogP contribution in [0.5, 0.6) is 0 Å². The third kappa shape index (κ3) is 92.4. The Morgan fingerprint density at radius 2 is 0.500 bits per heavy atom. The molecule has 0 saturated carbocycles. The largest absolute Gasteiger partial charge is 2.00 e. The Bertz CT molecular complexity index is 11.2. The van der Waals surface area contributed by atoms with Crippen molar-refractivity contribution in [1.29, 1.82) is 0 Å². The summed E-state index contributed by atoms with van der Waals surface area (Å²) in [6, 6.07) is 0. The van der Waals surface area contributed by atoms with Crippen molar-refractivity contribution in [1.82, 2.24) is 0 Å². The van der Waals surface area contributed by atoms with Gasteiger partial charge < -0.3 is 35.2 Å². The topological polar surface area (TPSA) is 31.5 Å². The summed E-state index contributed by atoms with van der Waals surface area (Å²) in [7, 11) is 0. The molecule has 2 N–H and O–H groups in total. The van der Waals surface area contributed by atoms with E-state index < -0.39 is 0 Å². The van der Waals surface area contributed by atoms with Gasteiger partial charge in [-0.25, -0.2) is 0 Å². The molecule has 4 heteroatoms. The smallest absolute Gasteiger partial charge is 0.412 e. The molecule has 0 rings (SSSR count). The van der Waals surface area contributed by atoms with Crippen LogP contribution in [-0.2, 0) is 65.2 Å². The standard InChI is InChI=1S/4CH3.H2O.3Ti/h4*1H3;1H2;;;/q4*-1;;;;+2. The summed E-state index contributed by atoms with van der Waals surface area (Å²) < 4.78 is 0. The molecule has 0 radical (unpaired) electrons. The van der Waals surface area contributed by atoms with E-state index in [1.165, 1.54) is 0 Å². The van der Waals surface area contributed by atoms with E-state index in [2.05, 4.69) is 0 Å². The zero-order chi connectivity index (χ0) is 0. The molecule has 0 fully saturated rings. The van der Waals surface area contributed by atoms with Gasteiger partial charge in [-0.15, -0.1) is 0 Å². The quantitative estimate of drug-likeness (QED) is 0.431. The van der Waals surface area contributed by atoms with Crippen molar-refractivity contribution in [2.24, 2.45) is 0 Å². The second-order valence-corrected chi connectivity index (χ2v) is 0. The summed E-state index contributed by atoms with van der Waals surface area (Å²) in [5.74, 6) is 0. The van der Waals surface area contributed by atoms with Crippen LogP contribution in [0, 0.1) is 29.7 Å². The van der Waals surface area contributed by atoms with Gasteiger partial charge in [-0.1, -0.05) is 0 Å². The van der Waals surface area contributed by atoms with Crippen LogP contribution in [0.4, 0.5) is 0 Å². The van der Waals surface area contributed by atoms with Gasteiger partial charge in [-0.2, -0.15) is 0 Å². The second kappa shape index (κ2) is 135. The molecule has 0 aliphatic rings. The summed E-state index contributed by atoms with van der Waals surface area (Å²) in [4.78, 5) is 0. The third-order valence-corrected chi connectivity index (χ3v) is 0. The summed E-state index contributed by atoms with van der Waals surface area (Å²) in [5, 5.41) is 0. The Balaban J connectivity index is 0. The normalized spacial score (nSPS) is 0. The average molecular weight is 222 g/mol. The van der Waals surface area contributed by atoms with Gasteiger partial charge in [-0.3, -0.25) is 0 Å². The van der Waals surface area contributed by atoms with Gasteiger partial charge in [0.15, 0.2) is 0 Å². The van der Waals surface area contributed by atoms with Crippen LogP contribution in [-0.4, -0.2) is 5.48 Å². The van der Waals surface area contributed by atoms with Crippen molar-refractivity contribution in [2.45, 2.75) is 0 Å². The fourth-order valence-corrected chi connectivity index (χ4v) is 0. The van der Waals surface area contributed by atoms with Crippen molar-refractivity contribution in [3.05, 3.63) is 29.7 Å². The molecule has 0 saturated heterocycles. The van der Waals surface area contributed by atoms with Gasteiger partial charge in [0, 0.05) is 43.4 Å². The summed E-state index contributed by atoms with van der Waals surface area (Å²) in [6.07, 6.45) is 0. The van der Waals surface area contributed by atoms with Gasteiger partial charge >= 0.3 is 21.7 Å². The molecule has 0 atom stereocenters. The molecule has 0 bridgehead atoms. The van der Waals surface area contributed by atoms with Crippen molar-refractivity contribution in [3.63, 3.8) is 0 Å². The first-order valence-corrected chi connectivity index (χ1v) is 0. The van der Waals surface area contributed by atoms with Crippen LogP contribution < -0.4 is 0 Å². The Labute approximate surface area is 99.4 Å². The Hall–Kier alpha value is 2.10. The number of hydrogen-bond acceptors (Lipinski definition) is 0. The Morgan fingerprint density at radius 1 is 0.500 bits per heavy atom. The van der Waals surface area contributed by atoms with E-state index in [0.29, 0.717) is 0 Å². The van der Waals surface area contributed by atoms with Gasteiger partial charge in [-0.05, 0) is 0 Å². The van der Waals surface area contributed by atoms with Crippen molar-refractivity contribution in [3.8, 4) is 0 Å². The number of hydrogen-bond donors (Lipinski definition) is 0. The fraction of sp³-hybridized carbons (Fsp3) is 0. The molecular formula is C4H14OTi3-2. The molecule has 0 aliphatic heterocycles. The van der Waals surface area contributed by atoms with Crippen LogP contribution in [0.3, 0.4) is 0 Å². The molecule has 0 unspecified atom stereocenters. The zero-order valence-corrected chi connectivity index (χ0v) is 10.7. The molecule has 1 nitrogen and oxygen atoms in total. The molecule has 0 heterocycles. The van der Waals surface area contributed by atoms with Crippen LogP contribution >= 0.6 is 0 Å². The summed E-state index contributed by atoms with van der Waals surface area (Å²) in [6.45, 7) is 0. The molecule has 0 aliphatic carbocycles. The van der Waals surface area contributed by atoms with Gasteiger partial charge in [0.2, 0.25) is 0 Å². The van der Waals surface area contributed by atoms with E-state index >= 15 is 0 Å². The SMILES string of the molecule is O.[CH3-].[CH3-].[CH3-].[CH3-].[Ti+2].[Ti].[Ti]. The van der Waals surface area contributed by atoms with Crippen molar-refractivity contribution in [2.75, 3.05) is 0 Å². The third-order valence-electron chi connectivity index (χ3n) is 0. The minimum Gasteiger partial charge on any atom is -0.412 e. The van der Waals surface area contributed by atoms with E-state index in [0.717, 1.165) is 0 Å². The van der Waals surface area contributed by atoms with Crippen LogP contribution in [0.2, 0.25) is 0 Å². The van der Waals surface area contributed by atoms with E-state index in [1.54, 1.807) is 0 Å². The monoisotopic (exact) mass is 222 g/mol. The van der Waals surface area contributed by atoms with Gasteiger partial charge in [0.25, 0.3) is 0 Å². The van der Waals surface area contributed by atoms with Crippen molar-refractivity contribution < 1.29 is 70.6 Å². The summed E-state index contributed by atoms with van der Waals surface area (Å²) >= 11 is 0. The summed E-state index contributed by atoms with van der Waals surface area (Å²) in [5.41, 5.74) is 0. The Morgan fingerprint density at radius 3 is 0.500 bits per heavy atom. The molecule has 0 amide bonds. The maximum atomic E-state index is 0. The molecule has 0 spiro atoms. The fourth-order valence-electron chi connectivity index (χ4n) is 0. The average Bonchev–Trinajstić information content (AvgIpc) is 0. The molecule has 8 heavy (non-hydrogen) atoms. The van der Waals surface area contributed by atoms with Crippen LogP contribution in [0.1, 0.15) is 0 Å². The van der Waals surface area contributed by atoms with Crippen LogP contribution in [0.25, 0.3) is 0 Å². The predicted octanol–water partition coefficient (Wildman–Crippen LogP) is 0.969. The van der Waals surface area contributed by atoms with Gasteiger partial charge in [0.1, 0.15) is 0 Å². The molecular weight excluding hydrogens is 208 g/mol. The van der Waals surface area contributed by atoms with E-state index in [9.17, 15) is 0 Å². The first-order valence-electron chi connectivity index (χ1n) is 0. The minimum absolute atomic E-state index is 0. The molecule has 0 aromatic heterocycles. The predicted molar refractivity (Wildman–Crippen MR) is 29.3 cm³/mol. The van der Waals surface area contributed by atoms with Crippen molar-refractivity contribution >= 4 is 0 Å². The van der Waals surface area contributed by atoms with Gasteiger partial charge in [0.05, 0.1) is 0 Å². The van der Waals surface area contributed by atoms with E-state index in [-0.39, 0.29) is 100 Å². The van der Waals surface area contributed by atoms with E-state index in [4.69, 9.17) is 0 Å². The first kappa shape index (κ1) is 189. The minimum atomic E-state index is 0. The first-order chi connectivity index (χ1) is 0. The van der Waals surface area contributed by atoms with E-state index in [1.807, 2.05) is 0 Å². The molecule has 50 valence electrons. The maximum absolute atomic E-state index is 0. The molecule has 0 aromatic rings. The second-order valence-electron chi connectivity index (χ2n) is 0. The molecule has 0 aromatic carbocycles. The maximum Gasteiger partial charge on any atom is 2.00 e. The number of rotatable bonds is 0. The zero-order valence-electron chi connectivity index (χ0n) is 6.00. The van der Waals surface area contributed by atoms with Crippen LogP contribution in [0.15, 0.2) is 0 Å². The Kier molecular flexibility index (Phi) is 3200.